The molecular weight excluding hydrogens is 813 g/mol. The molecule has 15 heteroatoms. The molecular formula is C48H46N8O6Si. The summed E-state index contributed by atoms with van der Waals surface area (Å²) in [6, 6.07) is 32.2. The standard InChI is InChI=1S/C48H46N8O6Si/c1-3-59-39(57)27-7-5-17-29-61-63(62-30-18-6-8-28-40(58)60-4-2)55-45-35-23-13-14-24-36(35)47(55)53-43-33-21-11-12-22-34(33)44(50-43)54-48-38-26-16-15-25-37(38)46(56(48)63)52-42-32-20-10-9-19-31(32)41(49-42)51-45/h9-16,19-26H,3-8,17-18,27-30H2,1-2H3. The second kappa shape index (κ2) is 17.2. The Balaban J connectivity index is 1.27. The van der Waals surface area contributed by atoms with E-state index in [4.69, 9.17) is 48.3 Å². The predicted molar refractivity (Wildman–Crippen MR) is 243 cm³/mol. The van der Waals surface area contributed by atoms with E-state index in [1.807, 2.05) is 86.6 Å². The molecule has 10 rings (SSSR count). The van der Waals surface area contributed by atoms with Gasteiger partial charge in [-0.15, -0.1) is 0 Å². The number of benzene rings is 4. The molecule has 6 aromatic rings. The van der Waals surface area contributed by atoms with Gasteiger partial charge in [-0.2, -0.15) is 0 Å². The van der Waals surface area contributed by atoms with E-state index >= 15 is 0 Å². The lowest BCUT2D eigenvalue weighted by Gasteiger charge is -2.33. The minimum Gasteiger partial charge on any atom is -0.466 e. The van der Waals surface area contributed by atoms with E-state index in [9.17, 15) is 9.59 Å². The van der Waals surface area contributed by atoms with Crippen LogP contribution in [0.2, 0.25) is 0 Å². The molecule has 4 aliphatic heterocycles. The summed E-state index contributed by atoms with van der Waals surface area (Å²) in [6.45, 7) is 4.87. The van der Waals surface area contributed by atoms with Gasteiger partial charge in [0.05, 0.1) is 13.2 Å². The van der Waals surface area contributed by atoms with E-state index in [0.29, 0.717) is 97.7 Å². The Labute approximate surface area is 364 Å². The SMILES string of the molecule is CCOC(=O)CCCCCO[Si]1(OCCCCCC(=O)OCC)n2c3c4ccccc4c2N=C2N=C(N=c4c5ccccc5c(n41)=NC1=NC(=N3)c3ccccc31)c1ccccc12. The zero-order valence-electron chi connectivity index (χ0n) is 35.3. The van der Waals surface area contributed by atoms with Crippen LogP contribution in [-0.2, 0) is 27.9 Å². The van der Waals surface area contributed by atoms with Crippen molar-refractivity contribution in [3.05, 3.63) is 130 Å². The monoisotopic (exact) mass is 858 g/mol. The van der Waals surface area contributed by atoms with Gasteiger partial charge in [0.25, 0.3) is 0 Å². The lowest BCUT2D eigenvalue weighted by molar-refractivity contribution is -0.144. The van der Waals surface area contributed by atoms with Gasteiger partial charge < -0.3 is 18.3 Å². The van der Waals surface area contributed by atoms with Gasteiger partial charge in [0.15, 0.2) is 23.3 Å². The van der Waals surface area contributed by atoms with E-state index in [0.717, 1.165) is 56.6 Å². The van der Waals surface area contributed by atoms with E-state index in [1.54, 1.807) is 0 Å². The van der Waals surface area contributed by atoms with Crippen LogP contribution in [0, 0.1) is 0 Å². The van der Waals surface area contributed by atoms with Crippen LogP contribution in [0.3, 0.4) is 0 Å². The average molecular weight is 859 g/mol. The van der Waals surface area contributed by atoms with Gasteiger partial charge in [-0.3, -0.25) is 18.1 Å². The van der Waals surface area contributed by atoms with E-state index in [1.165, 1.54) is 0 Å². The first-order chi connectivity index (χ1) is 31.0. The number of carbonyl (C=O) groups excluding carboxylic acids is 2. The zero-order chi connectivity index (χ0) is 42.9. The molecule has 4 aromatic carbocycles. The topological polar surface area (TPSA) is 155 Å². The number of hydrogen-bond acceptors (Lipinski definition) is 12. The summed E-state index contributed by atoms with van der Waals surface area (Å²) >= 11 is 0. The maximum atomic E-state index is 12.3. The fourth-order valence-electron chi connectivity index (χ4n) is 8.71. The smallest absolute Gasteiger partial charge is 0.466 e. The minimum atomic E-state index is -4.26. The maximum Gasteiger partial charge on any atom is 0.603 e. The summed E-state index contributed by atoms with van der Waals surface area (Å²) in [5.41, 5.74) is 4.57. The number of amidine groups is 4. The Morgan fingerprint density at radius 2 is 0.841 bits per heavy atom. The fourth-order valence-corrected chi connectivity index (χ4v) is 12.1. The molecule has 4 aliphatic rings. The Morgan fingerprint density at radius 1 is 0.460 bits per heavy atom. The number of hydrogen-bond donors (Lipinski definition) is 0. The number of carbonyl (C=O) groups is 2. The highest BCUT2D eigenvalue weighted by atomic mass is 28.4. The molecule has 318 valence electrons. The van der Waals surface area contributed by atoms with Gasteiger partial charge in [-0.05, 0) is 39.5 Å². The van der Waals surface area contributed by atoms with Crippen molar-refractivity contribution in [3.8, 4) is 0 Å². The molecule has 0 aliphatic carbocycles. The minimum absolute atomic E-state index is 0.211. The maximum absolute atomic E-state index is 12.3. The number of aliphatic imine (C=N–C) groups is 4. The normalized spacial score (nSPS) is 15.0. The van der Waals surface area contributed by atoms with E-state index in [-0.39, 0.29) is 25.2 Å². The first kappa shape index (κ1) is 40.4. The molecule has 6 heterocycles. The second-order valence-corrected chi connectivity index (χ2v) is 18.2. The summed E-state index contributed by atoms with van der Waals surface area (Å²) in [7, 11) is -4.26. The van der Waals surface area contributed by atoms with Gasteiger partial charge in [0.2, 0.25) is 0 Å². The number of rotatable bonds is 16. The van der Waals surface area contributed by atoms with E-state index < -0.39 is 8.88 Å². The number of aromatic nitrogens is 2. The third-order valence-corrected chi connectivity index (χ3v) is 14.7. The lowest BCUT2D eigenvalue weighted by atomic mass is 10.1. The molecule has 63 heavy (non-hydrogen) atoms. The summed E-state index contributed by atoms with van der Waals surface area (Å²) in [5, 5.41) is 3.34. The highest BCUT2D eigenvalue weighted by molar-refractivity contribution is 6.66. The number of unbranched alkanes of at least 4 members (excludes halogenated alkanes) is 4. The van der Waals surface area contributed by atoms with Crippen LogP contribution in [0.25, 0.3) is 21.5 Å². The molecule has 0 N–H and O–H groups in total. The zero-order valence-corrected chi connectivity index (χ0v) is 36.3. The van der Waals surface area contributed by atoms with Crippen molar-refractivity contribution in [3.63, 3.8) is 0 Å². The Bertz CT molecular complexity index is 2880. The largest absolute Gasteiger partial charge is 0.603 e. The van der Waals surface area contributed by atoms with Crippen molar-refractivity contribution in [2.45, 2.75) is 65.2 Å². The Hall–Kier alpha value is -6.68. The average Bonchev–Trinajstić information content (AvgIpc) is 4.02. The van der Waals surface area contributed by atoms with Crippen LogP contribution in [-0.4, -0.2) is 79.1 Å². The molecule has 0 atom stereocenters. The molecule has 14 nitrogen and oxygen atoms in total. The summed E-state index contributed by atoms with van der Waals surface area (Å²) in [5.74, 6) is 2.79. The molecule has 0 unspecified atom stereocenters. The number of ether oxygens (including phenoxy) is 2. The van der Waals surface area contributed by atoms with Crippen molar-refractivity contribution in [2.75, 3.05) is 26.4 Å². The predicted octanol–water partition coefficient (Wildman–Crippen LogP) is 7.65. The third kappa shape index (κ3) is 7.25. The van der Waals surface area contributed by atoms with Gasteiger partial charge >= 0.3 is 20.8 Å². The Kier molecular flexibility index (Phi) is 11.0. The molecule has 0 spiro atoms. The van der Waals surface area contributed by atoms with Crippen molar-refractivity contribution >= 4 is 77.3 Å². The fraction of sp³-hybridized carbons (Fsp3) is 0.292. The van der Waals surface area contributed by atoms with Crippen LogP contribution in [0.1, 0.15) is 87.5 Å². The first-order valence-corrected chi connectivity index (χ1v) is 23.5. The van der Waals surface area contributed by atoms with Crippen LogP contribution >= 0.6 is 0 Å². The molecule has 0 amide bonds. The van der Waals surface area contributed by atoms with Crippen LogP contribution in [0.4, 0.5) is 11.6 Å². The summed E-state index contributed by atoms with van der Waals surface area (Å²) < 4.78 is 29.7. The van der Waals surface area contributed by atoms with Crippen molar-refractivity contribution in [1.82, 2.24) is 8.47 Å². The van der Waals surface area contributed by atoms with Gasteiger partial charge in [0.1, 0.15) is 22.6 Å². The number of nitrogens with zero attached hydrogens (tertiary/aromatic N) is 8. The van der Waals surface area contributed by atoms with Crippen molar-refractivity contribution in [2.24, 2.45) is 30.0 Å². The first-order valence-electron chi connectivity index (χ1n) is 21.8. The van der Waals surface area contributed by atoms with Gasteiger partial charge in [0, 0.05) is 69.9 Å². The number of esters is 2. The highest BCUT2D eigenvalue weighted by Crippen LogP contribution is 2.43. The third-order valence-electron chi connectivity index (χ3n) is 11.6. The molecule has 0 fully saturated rings. The van der Waals surface area contributed by atoms with Crippen LogP contribution < -0.4 is 11.0 Å². The summed E-state index contributed by atoms with van der Waals surface area (Å²) in [6.07, 6.45) is 4.63. The number of fused-ring (bicyclic) bond motifs is 14. The van der Waals surface area contributed by atoms with Crippen LogP contribution in [0.5, 0.6) is 0 Å². The van der Waals surface area contributed by atoms with E-state index in [2.05, 4.69) is 32.7 Å². The van der Waals surface area contributed by atoms with Crippen LogP contribution in [0.15, 0.2) is 127 Å². The van der Waals surface area contributed by atoms with Gasteiger partial charge in [-0.1, -0.05) is 110 Å². The van der Waals surface area contributed by atoms with Crippen molar-refractivity contribution < 1.29 is 27.9 Å². The molecule has 2 aromatic heterocycles. The molecule has 0 radical (unpaired) electrons. The van der Waals surface area contributed by atoms with Crippen molar-refractivity contribution in [1.29, 1.82) is 0 Å². The molecule has 0 saturated heterocycles. The highest BCUT2D eigenvalue weighted by Gasteiger charge is 2.53. The van der Waals surface area contributed by atoms with Gasteiger partial charge in [-0.25, -0.2) is 30.0 Å². The molecule has 0 saturated carbocycles. The quantitative estimate of drug-likeness (QED) is 0.0554. The molecule has 6 bridgehead atoms. The lowest BCUT2D eigenvalue weighted by Crippen LogP contribution is -2.64. The summed E-state index contributed by atoms with van der Waals surface area (Å²) in [4.78, 5) is 56.8. The second-order valence-electron chi connectivity index (χ2n) is 15.6. The Morgan fingerprint density at radius 3 is 1.25 bits per heavy atom.